The lowest BCUT2D eigenvalue weighted by atomic mass is 9.96. The third-order valence-electron chi connectivity index (χ3n) is 3.31. The third-order valence-corrected chi connectivity index (χ3v) is 3.31. The summed E-state index contributed by atoms with van der Waals surface area (Å²) >= 11 is 0. The lowest BCUT2D eigenvalue weighted by molar-refractivity contribution is -0.120. The molecule has 2 aromatic rings. The quantitative estimate of drug-likeness (QED) is 0.941. The Morgan fingerprint density at radius 1 is 1.09 bits per heavy atom. The van der Waals surface area contributed by atoms with Crippen LogP contribution in [0.1, 0.15) is 33.8 Å². The Bertz CT molecular complexity index is 700. The molecule has 0 aliphatic carbocycles. The number of hydrogen-bond donors (Lipinski definition) is 1. The van der Waals surface area contributed by atoms with Crippen molar-refractivity contribution in [2.24, 2.45) is 0 Å². The Morgan fingerprint density at radius 2 is 1.73 bits per heavy atom. The molecule has 1 N–H and O–H groups in total. The summed E-state index contributed by atoms with van der Waals surface area (Å²) in [5.41, 5.74) is 2.28. The first-order valence-electron chi connectivity index (χ1n) is 6.95. The Hall–Kier alpha value is -2.93. The van der Waals surface area contributed by atoms with Gasteiger partial charge in [0.1, 0.15) is 0 Å². The lowest BCUT2D eigenvalue weighted by Crippen LogP contribution is -2.31. The zero-order chi connectivity index (χ0) is 15.9. The number of rotatable bonds is 4. The first kappa shape index (κ1) is 15.5. The molecule has 110 valence electrons. The molecule has 2 amide bonds. The van der Waals surface area contributed by atoms with Crippen LogP contribution < -0.4 is 5.32 Å². The van der Waals surface area contributed by atoms with E-state index in [4.69, 9.17) is 0 Å². The minimum Gasteiger partial charge on any atom is -0.292 e. The van der Waals surface area contributed by atoms with Gasteiger partial charge in [-0.2, -0.15) is 5.26 Å². The van der Waals surface area contributed by atoms with Crippen LogP contribution in [0.2, 0.25) is 0 Å². The highest BCUT2D eigenvalue weighted by Gasteiger charge is 2.17. The van der Waals surface area contributed by atoms with Gasteiger partial charge in [0.2, 0.25) is 5.91 Å². The Balaban J connectivity index is 2.00. The van der Waals surface area contributed by atoms with Gasteiger partial charge in [-0.25, -0.2) is 0 Å². The Labute approximate surface area is 129 Å². The van der Waals surface area contributed by atoms with Gasteiger partial charge in [-0.05, 0) is 24.6 Å². The molecule has 22 heavy (non-hydrogen) atoms. The number of carbonyl (C=O) groups excluding carboxylic acids is 2. The predicted octanol–water partition coefficient (Wildman–Crippen LogP) is 2.95. The topological polar surface area (TPSA) is 70.0 Å². The van der Waals surface area contributed by atoms with Gasteiger partial charge in [0.15, 0.2) is 0 Å². The van der Waals surface area contributed by atoms with Crippen molar-refractivity contribution in [3.63, 3.8) is 0 Å². The fourth-order valence-electron chi connectivity index (χ4n) is 2.06. The van der Waals surface area contributed by atoms with Crippen LogP contribution in [-0.2, 0) is 4.79 Å². The molecule has 0 aliphatic rings. The van der Waals surface area contributed by atoms with E-state index in [1.807, 2.05) is 31.2 Å². The second-order valence-corrected chi connectivity index (χ2v) is 5.04. The van der Waals surface area contributed by atoms with E-state index < -0.39 is 17.7 Å². The van der Waals surface area contributed by atoms with Crippen molar-refractivity contribution in [1.82, 2.24) is 5.32 Å². The van der Waals surface area contributed by atoms with Crippen LogP contribution in [0.5, 0.6) is 0 Å². The molecule has 0 radical (unpaired) electrons. The van der Waals surface area contributed by atoms with Crippen LogP contribution in [0.15, 0.2) is 54.6 Å². The summed E-state index contributed by atoms with van der Waals surface area (Å²) in [6.07, 6.45) is -0.0435. The van der Waals surface area contributed by atoms with Crippen molar-refractivity contribution < 1.29 is 9.59 Å². The summed E-state index contributed by atoms with van der Waals surface area (Å²) < 4.78 is 0. The number of carbonyl (C=O) groups is 2. The molecule has 0 saturated heterocycles. The first-order chi connectivity index (χ1) is 10.6. The molecule has 0 fully saturated rings. The number of imide groups is 1. The summed E-state index contributed by atoms with van der Waals surface area (Å²) in [4.78, 5) is 23.8. The van der Waals surface area contributed by atoms with Crippen molar-refractivity contribution in [2.75, 3.05) is 0 Å². The number of nitrogens with zero attached hydrogens (tertiary/aromatic N) is 1. The molecule has 4 nitrogen and oxygen atoms in total. The number of aryl methyl sites for hydroxylation is 1. The largest absolute Gasteiger partial charge is 0.292 e. The smallest absolute Gasteiger partial charge is 0.257 e. The molecule has 0 saturated carbocycles. The standard InChI is InChI=1S/C18H16N2O2/c1-13-7-9-14(10-8-13)16(12-19)11-17(21)20-18(22)15-5-3-2-4-6-15/h2-10,16H,11H2,1H3,(H,20,21,22). The van der Waals surface area contributed by atoms with Gasteiger partial charge in [-0.1, -0.05) is 48.0 Å². The maximum absolute atomic E-state index is 12.0. The van der Waals surface area contributed by atoms with E-state index in [9.17, 15) is 14.9 Å². The fourth-order valence-corrected chi connectivity index (χ4v) is 2.06. The fraction of sp³-hybridized carbons (Fsp3) is 0.167. The highest BCUT2D eigenvalue weighted by Crippen LogP contribution is 2.19. The number of nitriles is 1. The van der Waals surface area contributed by atoms with Gasteiger partial charge in [-0.3, -0.25) is 14.9 Å². The molecule has 0 aromatic heterocycles. The molecule has 2 rings (SSSR count). The Morgan fingerprint density at radius 3 is 2.32 bits per heavy atom. The van der Waals surface area contributed by atoms with Gasteiger partial charge in [0.25, 0.3) is 5.91 Å². The SMILES string of the molecule is Cc1ccc(C(C#N)CC(=O)NC(=O)c2ccccc2)cc1. The van der Waals surface area contributed by atoms with Crippen molar-refractivity contribution in [1.29, 1.82) is 5.26 Å². The van der Waals surface area contributed by atoms with E-state index in [1.165, 1.54) is 0 Å². The first-order valence-corrected chi connectivity index (χ1v) is 6.95. The van der Waals surface area contributed by atoms with Crippen molar-refractivity contribution >= 4 is 11.8 Å². The maximum atomic E-state index is 12.0. The number of nitrogens with one attached hydrogen (secondary N) is 1. The van der Waals surface area contributed by atoms with Crippen LogP contribution in [-0.4, -0.2) is 11.8 Å². The zero-order valence-electron chi connectivity index (χ0n) is 12.2. The highest BCUT2D eigenvalue weighted by atomic mass is 16.2. The molecule has 4 heteroatoms. The molecule has 0 aliphatic heterocycles. The molecule has 1 atom stereocenters. The molecule has 0 bridgehead atoms. The average molecular weight is 292 g/mol. The summed E-state index contributed by atoms with van der Waals surface area (Å²) in [7, 11) is 0. The van der Waals surface area contributed by atoms with Gasteiger partial charge >= 0.3 is 0 Å². The van der Waals surface area contributed by atoms with Gasteiger partial charge in [0.05, 0.1) is 12.0 Å². The molecule has 0 spiro atoms. The second kappa shape index (κ2) is 7.19. The van der Waals surface area contributed by atoms with Crippen LogP contribution in [0.4, 0.5) is 0 Å². The molecule has 0 heterocycles. The lowest BCUT2D eigenvalue weighted by Gasteiger charge is -2.10. The summed E-state index contributed by atoms with van der Waals surface area (Å²) in [5.74, 6) is -1.48. The van der Waals surface area contributed by atoms with Crippen molar-refractivity contribution in [3.05, 3.63) is 71.3 Å². The van der Waals surface area contributed by atoms with Gasteiger partial charge in [0, 0.05) is 12.0 Å². The predicted molar refractivity (Wildman–Crippen MR) is 83.1 cm³/mol. The molecule has 2 aromatic carbocycles. The minimum atomic E-state index is -0.566. The van der Waals surface area contributed by atoms with Crippen LogP contribution in [0.25, 0.3) is 0 Å². The maximum Gasteiger partial charge on any atom is 0.257 e. The van der Waals surface area contributed by atoms with Crippen molar-refractivity contribution in [2.45, 2.75) is 19.3 Å². The number of hydrogen-bond acceptors (Lipinski definition) is 3. The van der Waals surface area contributed by atoms with E-state index in [0.717, 1.165) is 11.1 Å². The van der Waals surface area contributed by atoms with Crippen LogP contribution in [0.3, 0.4) is 0 Å². The molecule has 1 unspecified atom stereocenters. The minimum absolute atomic E-state index is 0.0435. The third kappa shape index (κ3) is 4.03. The van der Waals surface area contributed by atoms with E-state index in [1.54, 1.807) is 30.3 Å². The van der Waals surface area contributed by atoms with Gasteiger partial charge in [-0.15, -0.1) is 0 Å². The monoisotopic (exact) mass is 292 g/mol. The van der Waals surface area contributed by atoms with E-state index in [2.05, 4.69) is 11.4 Å². The van der Waals surface area contributed by atoms with Crippen LogP contribution in [0, 0.1) is 18.3 Å². The summed E-state index contributed by atoms with van der Waals surface area (Å²) in [5, 5.41) is 11.5. The normalized spacial score (nSPS) is 11.3. The number of amides is 2. The van der Waals surface area contributed by atoms with E-state index >= 15 is 0 Å². The van der Waals surface area contributed by atoms with Crippen molar-refractivity contribution in [3.8, 4) is 6.07 Å². The molecular formula is C18H16N2O2. The highest BCUT2D eigenvalue weighted by molar-refractivity contribution is 6.04. The Kier molecular flexibility index (Phi) is 5.05. The zero-order valence-corrected chi connectivity index (χ0v) is 12.2. The van der Waals surface area contributed by atoms with E-state index in [0.29, 0.717) is 5.56 Å². The summed E-state index contributed by atoms with van der Waals surface area (Å²) in [6, 6.07) is 18.1. The number of benzene rings is 2. The average Bonchev–Trinajstić information content (AvgIpc) is 2.54. The van der Waals surface area contributed by atoms with Gasteiger partial charge < -0.3 is 0 Å². The van der Waals surface area contributed by atoms with E-state index in [-0.39, 0.29) is 6.42 Å². The second-order valence-electron chi connectivity index (χ2n) is 5.04. The summed E-state index contributed by atoms with van der Waals surface area (Å²) in [6.45, 7) is 1.95. The van der Waals surface area contributed by atoms with Crippen LogP contribution >= 0.6 is 0 Å². The molecular weight excluding hydrogens is 276 g/mol.